The summed E-state index contributed by atoms with van der Waals surface area (Å²) < 4.78 is 11.1. The van der Waals surface area contributed by atoms with Crippen molar-refractivity contribution < 1.29 is 9.47 Å². The van der Waals surface area contributed by atoms with Crippen molar-refractivity contribution in [1.29, 1.82) is 0 Å². The molecule has 0 saturated carbocycles. The summed E-state index contributed by atoms with van der Waals surface area (Å²) in [7, 11) is 1.58. The molecule has 0 aromatic heterocycles. The molecule has 120 valence electrons. The molecular weight excluding hydrogens is 334 g/mol. The molecule has 5 nitrogen and oxygen atoms in total. The third kappa shape index (κ3) is 5.12. The Hall–Kier alpha value is -2.31. The average Bonchev–Trinajstić information content (AvgIpc) is 2.54. The molecule has 0 fully saturated rings. The highest BCUT2D eigenvalue weighted by Crippen LogP contribution is 2.29. The quantitative estimate of drug-likeness (QED) is 0.476. The molecule has 0 aliphatic heterocycles. The number of hydrogen-bond donors (Lipinski definition) is 2. The molecule has 0 amide bonds. The number of benzene rings is 2. The third-order valence-electron chi connectivity index (χ3n) is 2.92. The standard InChI is InChI=1S/C16H16ClN3O2S/c1-21-15-8-11(9-19-20-16(18)23)6-7-14(15)22-10-12-4-2-3-5-13(12)17/h2-9H,10H2,1H3,(H3,18,20,23)/b19-9-. The molecule has 7 heteroatoms. The van der Waals surface area contributed by atoms with Crippen molar-refractivity contribution in [2.24, 2.45) is 10.8 Å². The molecule has 2 aromatic carbocycles. The van der Waals surface area contributed by atoms with Crippen molar-refractivity contribution in [3.05, 3.63) is 58.6 Å². The van der Waals surface area contributed by atoms with E-state index < -0.39 is 0 Å². The van der Waals surface area contributed by atoms with Crippen molar-refractivity contribution in [2.45, 2.75) is 6.61 Å². The van der Waals surface area contributed by atoms with Crippen LogP contribution < -0.4 is 20.6 Å². The zero-order chi connectivity index (χ0) is 16.7. The Kier molecular flexibility index (Phi) is 6.19. The zero-order valence-electron chi connectivity index (χ0n) is 12.5. The van der Waals surface area contributed by atoms with Crippen LogP contribution in [0.1, 0.15) is 11.1 Å². The van der Waals surface area contributed by atoms with Crippen LogP contribution in [0.2, 0.25) is 5.02 Å². The maximum absolute atomic E-state index is 6.12. The Morgan fingerprint density at radius 3 is 2.78 bits per heavy atom. The molecule has 0 aliphatic rings. The lowest BCUT2D eigenvalue weighted by atomic mass is 10.2. The van der Waals surface area contributed by atoms with E-state index in [1.807, 2.05) is 30.3 Å². The number of nitrogens with zero attached hydrogens (tertiary/aromatic N) is 1. The molecule has 23 heavy (non-hydrogen) atoms. The largest absolute Gasteiger partial charge is 0.493 e. The van der Waals surface area contributed by atoms with Gasteiger partial charge in [-0.05, 0) is 42.0 Å². The minimum atomic E-state index is 0.105. The van der Waals surface area contributed by atoms with Crippen LogP contribution in [0.5, 0.6) is 11.5 Å². The molecular formula is C16H16ClN3O2S. The van der Waals surface area contributed by atoms with E-state index in [-0.39, 0.29) is 5.11 Å². The molecule has 3 N–H and O–H groups in total. The molecule has 0 spiro atoms. The third-order valence-corrected chi connectivity index (χ3v) is 3.38. The van der Waals surface area contributed by atoms with Gasteiger partial charge in [-0.2, -0.15) is 5.10 Å². The van der Waals surface area contributed by atoms with E-state index in [9.17, 15) is 0 Å². The summed E-state index contributed by atoms with van der Waals surface area (Å²) in [6.07, 6.45) is 1.58. The van der Waals surface area contributed by atoms with Gasteiger partial charge >= 0.3 is 0 Å². The molecule has 0 aliphatic carbocycles. The van der Waals surface area contributed by atoms with Gasteiger partial charge in [0.05, 0.1) is 13.3 Å². The van der Waals surface area contributed by atoms with Crippen molar-refractivity contribution in [2.75, 3.05) is 7.11 Å². The van der Waals surface area contributed by atoms with E-state index in [4.69, 9.17) is 26.8 Å². The van der Waals surface area contributed by atoms with Gasteiger partial charge in [-0.25, -0.2) is 0 Å². The summed E-state index contributed by atoms with van der Waals surface area (Å²) in [5.74, 6) is 1.21. The summed E-state index contributed by atoms with van der Waals surface area (Å²) in [5.41, 5.74) is 9.51. The lowest BCUT2D eigenvalue weighted by molar-refractivity contribution is 0.284. The number of hydrazone groups is 1. The van der Waals surface area contributed by atoms with E-state index in [0.717, 1.165) is 11.1 Å². The second-order valence-electron chi connectivity index (χ2n) is 4.52. The monoisotopic (exact) mass is 349 g/mol. The normalized spacial score (nSPS) is 10.5. The number of methoxy groups -OCH3 is 1. The highest BCUT2D eigenvalue weighted by atomic mass is 35.5. The van der Waals surface area contributed by atoms with Crippen LogP contribution in [0.4, 0.5) is 0 Å². The first-order valence-electron chi connectivity index (χ1n) is 6.73. The topological polar surface area (TPSA) is 68.9 Å². The first kappa shape index (κ1) is 17.1. The van der Waals surface area contributed by atoms with Gasteiger partial charge in [-0.3, -0.25) is 5.43 Å². The number of halogens is 1. The van der Waals surface area contributed by atoms with E-state index in [0.29, 0.717) is 23.1 Å². The lowest BCUT2D eigenvalue weighted by Gasteiger charge is -2.12. The summed E-state index contributed by atoms with van der Waals surface area (Å²) in [5, 5.41) is 4.67. The summed E-state index contributed by atoms with van der Waals surface area (Å²) in [6.45, 7) is 0.354. The predicted molar refractivity (Wildman–Crippen MR) is 96.3 cm³/mol. The van der Waals surface area contributed by atoms with Crippen LogP contribution in [0.15, 0.2) is 47.6 Å². The highest BCUT2D eigenvalue weighted by molar-refractivity contribution is 7.80. The van der Waals surface area contributed by atoms with Crippen LogP contribution in [0, 0.1) is 0 Å². The fourth-order valence-corrected chi connectivity index (χ4v) is 2.07. The maximum atomic E-state index is 6.12. The first-order valence-corrected chi connectivity index (χ1v) is 7.51. The SMILES string of the molecule is COc1cc(/C=N\NC(N)=S)ccc1OCc1ccccc1Cl. The van der Waals surface area contributed by atoms with E-state index in [1.165, 1.54) is 0 Å². The van der Waals surface area contributed by atoms with E-state index in [1.54, 1.807) is 25.5 Å². The fraction of sp³-hybridized carbons (Fsp3) is 0.125. The van der Waals surface area contributed by atoms with Crippen LogP contribution in [-0.4, -0.2) is 18.4 Å². The highest BCUT2D eigenvalue weighted by Gasteiger charge is 2.07. The minimum Gasteiger partial charge on any atom is -0.493 e. The fourth-order valence-electron chi connectivity index (χ4n) is 1.83. The molecule has 0 saturated heterocycles. The average molecular weight is 350 g/mol. The number of nitrogens with two attached hydrogens (primary N) is 1. The summed E-state index contributed by atoms with van der Waals surface area (Å²) in [6, 6.07) is 13.0. The molecule has 0 unspecified atom stereocenters. The van der Waals surface area contributed by atoms with Gasteiger partial charge in [-0.15, -0.1) is 0 Å². The van der Waals surface area contributed by atoms with Gasteiger partial charge in [0.2, 0.25) is 0 Å². The van der Waals surface area contributed by atoms with Crippen LogP contribution in [0.25, 0.3) is 0 Å². The van der Waals surface area contributed by atoms with Crippen molar-refractivity contribution in [3.63, 3.8) is 0 Å². The van der Waals surface area contributed by atoms with Crippen LogP contribution in [-0.2, 0) is 6.61 Å². The first-order chi connectivity index (χ1) is 11.1. The van der Waals surface area contributed by atoms with Gasteiger partial charge in [0, 0.05) is 10.6 Å². The van der Waals surface area contributed by atoms with E-state index in [2.05, 4.69) is 22.7 Å². The minimum absolute atomic E-state index is 0.105. The van der Waals surface area contributed by atoms with Crippen molar-refractivity contribution >= 4 is 35.1 Å². The number of nitrogens with one attached hydrogen (secondary N) is 1. The maximum Gasteiger partial charge on any atom is 0.184 e. The Labute approximate surface area is 145 Å². The molecule has 2 aromatic rings. The molecule has 0 bridgehead atoms. The van der Waals surface area contributed by atoms with Crippen molar-refractivity contribution in [1.82, 2.24) is 5.43 Å². The Morgan fingerprint density at radius 2 is 2.09 bits per heavy atom. The molecule has 2 rings (SSSR count). The van der Waals surface area contributed by atoms with Gasteiger partial charge in [0.15, 0.2) is 16.6 Å². The second kappa shape index (κ2) is 8.36. The number of rotatable bonds is 6. The zero-order valence-corrected chi connectivity index (χ0v) is 14.0. The van der Waals surface area contributed by atoms with Gasteiger partial charge < -0.3 is 15.2 Å². The van der Waals surface area contributed by atoms with Crippen molar-refractivity contribution in [3.8, 4) is 11.5 Å². The van der Waals surface area contributed by atoms with Crippen LogP contribution >= 0.6 is 23.8 Å². The molecule has 0 atom stereocenters. The van der Waals surface area contributed by atoms with E-state index >= 15 is 0 Å². The van der Waals surface area contributed by atoms with Gasteiger partial charge in [-0.1, -0.05) is 29.8 Å². The number of thiocarbonyl (C=S) groups is 1. The second-order valence-corrected chi connectivity index (χ2v) is 5.37. The number of ether oxygens (including phenoxy) is 2. The molecule has 0 radical (unpaired) electrons. The Bertz CT molecular complexity index is 722. The smallest absolute Gasteiger partial charge is 0.184 e. The predicted octanol–water partition coefficient (Wildman–Crippen LogP) is 3.09. The van der Waals surface area contributed by atoms with Gasteiger partial charge in [0.25, 0.3) is 0 Å². The number of hydrogen-bond acceptors (Lipinski definition) is 4. The summed E-state index contributed by atoms with van der Waals surface area (Å²) in [4.78, 5) is 0. The van der Waals surface area contributed by atoms with Gasteiger partial charge in [0.1, 0.15) is 6.61 Å². The lowest BCUT2D eigenvalue weighted by Crippen LogP contribution is -2.23. The Morgan fingerprint density at radius 1 is 1.30 bits per heavy atom. The Balaban J connectivity index is 2.09. The van der Waals surface area contributed by atoms with Crippen LogP contribution in [0.3, 0.4) is 0 Å². The summed E-state index contributed by atoms with van der Waals surface area (Å²) >= 11 is 10.8. The molecule has 0 heterocycles.